The zero-order chi connectivity index (χ0) is 9.41. The molecule has 1 N–H and O–H groups in total. The van der Waals surface area contributed by atoms with Crippen LogP contribution in [-0.2, 0) is 14.9 Å². The van der Waals surface area contributed by atoms with E-state index in [0.29, 0.717) is 12.8 Å². The fraction of sp³-hybridized carbons (Fsp3) is 0.857. The highest BCUT2D eigenvalue weighted by atomic mass is 32.2. The van der Waals surface area contributed by atoms with Gasteiger partial charge in [-0.05, 0) is 19.8 Å². The Morgan fingerprint density at radius 2 is 1.75 bits per heavy atom. The number of carbonyl (C=O) groups excluding carboxylic acids is 1. The summed E-state index contributed by atoms with van der Waals surface area (Å²) in [5.41, 5.74) is 0. The summed E-state index contributed by atoms with van der Waals surface area (Å²) in [4.78, 5) is 11.1. The van der Waals surface area contributed by atoms with E-state index in [-0.39, 0.29) is 12.8 Å². The summed E-state index contributed by atoms with van der Waals surface area (Å²) in [7, 11) is -4.21. The molecule has 0 aliphatic heterocycles. The quantitative estimate of drug-likeness (QED) is 0.656. The van der Waals surface area contributed by atoms with Gasteiger partial charge < -0.3 is 0 Å². The molecule has 0 atom stereocenters. The van der Waals surface area contributed by atoms with Crippen molar-refractivity contribution in [3.05, 3.63) is 0 Å². The van der Waals surface area contributed by atoms with Gasteiger partial charge in [-0.2, -0.15) is 8.42 Å². The monoisotopic (exact) mass is 192 g/mol. The zero-order valence-corrected chi connectivity index (χ0v) is 7.73. The Bertz CT molecular complexity index is 285. The Morgan fingerprint density at radius 1 is 1.33 bits per heavy atom. The van der Waals surface area contributed by atoms with Crippen molar-refractivity contribution in [3.63, 3.8) is 0 Å². The SMILES string of the molecule is CC(=O)C1(S(=O)(=O)O)CCCC1. The molecule has 70 valence electrons. The molecule has 1 fully saturated rings. The highest BCUT2D eigenvalue weighted by Gasteiger charge is 2.49. The first-order valence-electron chi connectivity index (χ1n) is 3.88. The molecule has 0 heterocycles. The lowest BCUT2D eigenvalue weighted by Crippen LogP contribution is -2.42. The van der Waals surface area contributed by atoms with Crippen LogP contribution in [0.3, 0.4) is 0 Å². The number of hydrogen-bond acceptors (Lipinski definition) is 3. The van der Waals surface area contributed by atoms with Gasteiger partial charge in [0.15, 0.2) is 10.5 Å². The van der Waals surface area contributed by atoms with Crippen LogP contribution in [0.2, 0.25) is 0 Å². The van der Waals surface area contributed by atoms with Gasteiger partial charge in [0.2, 0.25) is 0 Å². The number of rotatable bonds is 2. The lowest BCUT2D eigenvalue weighted by Gasteiger charge is -2.21. The second-order valence-corrected chi connectivity index (χ2v) is 4.96. The first-order valence-corrected chi connectivity index (χ1v) is 5.32. The number of ketones is 1. The van der Waals surface area contributed by atoms with E-state index in [1.165, 1.54) is 6.92 Å². The van der Waals surface area contributed by atoms with Crippen molar-refractivity contribution >= 4 is 15.9 Å². The maximum atomic E-state index is 11.1. The van der Waals surface area contributed by atoms with E-state index in [1.54, 1.807) is 0 Å². The summed E-state index contributed by atoms with van der Waals surface area (Å²) in [6.45, 7) is 1.22. The van der Waals surface area contributed by atoms with E-state index >= 15 is 0 Å². The van der Waals surface area contributed by atoms with Crippen LogP contribution in [0.25, 0.3) is 0 Å². The number of hydrogen-bond donors (Lipinski definition) is 1. The number of Topliss-reactive ketones (excluding diaryl/α,β-unsaturated/α-hetero) is 1. The normalized spacial score (nSPS) is 22.5. The molecule has 0 radical (unpaired) electrons. The van der Waals surface area contributed by atoms with E-state index in [4.69, 9.17) is 4.55 Å². The van der Waals surface area contributed by atoms with Crippen molar-refractivity contribution in [2.45, 2.75) is 37.4 Å². The van der Waals surface area contributed by atoms with Crippen molar-refractivity contribution in [1.82, 2.24) is 0 Å². The second kappa shape index (κ2) is 2.81. The third-order valence-corrected chi connectivity index (χ3v) is 4.23. The third-order valence-electron chi connectivity index (χ3n) is 2.55. The van der Waals surface area contributed by atoms with Gasteiger partial charge in [-0.1, -0.05) is 12.8 Å². The molecule has 1 aliphatic carbocycles. The predicted octanol–water partition coefficient (Wildman–Crippen LogP) is 0.776. The molecular weight excluding hydrogens is 180 g/mol. The molecule has 0 bridgehead atoms. The fourth-order valence-corrected chi connectivity index (χ4v) is 2.91. The van der Waals surface area contributed by atoms with Crippen molar-refractivity contribution in [1.29, 1.82) is 0 Å². The van der Waals surface area contributed by atoms with E-state index in [1.807, 2.05) is 0 Å². The average molecular weight is 192 g/mol. The minimum Gasteiger partial charge on any atom is -0.298 e. The molecule has 1 saturated carbocycles. The molecule has 1 aliphatic rings. The lowest BCUT2D eigenvalue weighted by molar-refractivity contribution is -0.119. The van der Waals surface area contributed by atoms with Crippen LogP contribution in [0.1, 0.15) is 32.6 Å². The van der Waals surface area contributed by atoms with Gasteiger partial charge in [-0.25, -0.2) is 0 Å². The van der Waals surface area contributed by atoms with Crippen LogP contribution in [0, 0.1) is 0 Å². The largest absolute Gasteiger partial charge is 0.298 e. The lowest BCUT2D eigenvalue weighted by atomic mass is 10.0. The summed E-state index contributed by atoms with van der Waals surface area (Å²) in [5.74, 6) is -0.442. The van der Waals surface area contributed by atoms with Crippen LogP contribution in [0.15, 0.2) is 0 Å². The van der Waals surface area contributed by atoms with Gasteiger partial charge in [-0.15, -0.1) is 0 Å². The van der Waals surface area contributed by atoms with Gasteiger partial charge in [0.1, 0.15) is 0 Å². The van der Waals surface area contributed by atoms with E-state index < -0.39 is 20.6 Å². The molecule has 0 spiro atoms. The first kappa shape index (κ1) is 9.67. The van der Waals surface area contributed by atoms with Crippen molar-refractivity contribution in [2.24, 2.45) is 0 Å². The Hall–Kier alpha value is -0.420. The summed E-state index contributed by atoms with van der Waals surface area (Å²) >= 11 is 0. The topological polar surface area (TPSA) is 71.4 Å². The van der Waals surface area contributed by atoms with Gasteiger partial charge in [0.05, 0.1) is 0 Å². The molecule has 4 nitrogen and oxygen atoms in total. The average Bonchev–Trinajstić information content (AvgIpc) is 2.31. The third kappa shape index (κ3) is 1.27. The smallest absolute Gasteiger partial charge is 0.277 e. The Morgan fingerprint density at radius 3 is 1.92 bits per heavy atom. The van der Waals surface area contributed by atoms with Gasteiger partial charge in [-0.3, -0.25) is 9.35 Å². The van der Waals surface area contributed by atoms with Crippen LogP contribution >= 0.6 is 0 Å². The second-order valence-electron chi connectivity index (χ2n) is 3.23. The predicted molar refractivity (Wildman–Crippen MR) is 43.4 cm³/mol. The van der Waals surface area contributed by atoms with E-state index in [2.05, 4.69) is 0 Å². The molecular formula is C7H12O4S. The summed E-state index contributed by atoms with van der Waals surface area (Å²) in [5, 5.41) is 0. The molecule has 0 amide bonds. The van der Waals surface area contributed by atoms with Gasteiger partial charge in [0, 0.05) is 0 Å². The summed E-state index contributed by atoms with van der Waals surface area (Å²) < 4.78 is 29.3. The molecule has 0 aromatic heterocycles. The Labute approximate surface area is 71.7 Å². The van der Waals surface area contributed by atoms with Crippen LogP contribution in [-0.4, -0.2) is 23.5 Å². The zero-order valence-electron chi connectivity index (χ0n) is 6.91. The highest BCUT2D eigenvalue weighted by molar-refractivity contribution is 7.88. The molecule has 5 heteroatoms. The maximum Gasteiger partial charge on any atom is 0.277 e. The fourth-order valence-electron chi connectivity index (χ4n) is 1.74. The van der Waals surface area contributed by atoms with Crippen LogP contribution in [0.5, 0.6) is 0 Å². The van der Waals surface area contributed by atoms with Crippen molar-refractivity contribution in [3.8, 4) is 0 Å². The van der Waals surface area contributed by atoms with Crippen LogP contribution < -0.4 is 0 Å². The molecule has 0 aromatic carbocycles. The van der Waals surface area contributed by atoms with Crippen molar-refractivity contribution < 1.29 is 17.8 Å². The van der Waals surface area contributed by atoms with Crippen molar-refractivity contribution in [2.75, 3.05) is 0 Å². The molecule has 0 unspecified atom stereocenters. The maximum absolute atomic E-state index is 11.1. The number of carbonyl (C=O) groups is 1. The molecule has 0 aromatic rings. The van der Waals surface area contributed by atoms with E-state index in [0.717, 1.165) is 0 Å². The minimum atomic E-state index is -4.21. The van der Waals surface area contributed by atoms with Crippen LogP contribution in [0.4, 0.5) is 0 Å². The Kier molecular flexibility index (Phi) is 2.27. The molecule has 0 saturated heterocycles. The molecule has 12 heavy (non-hydrogen) atoms. The highest BCUT2D eigenvalue weighted by Crippen LogP contribution is 2.36. The molecule has 1 rings (SSSR count). The summed E-state index contributed by atoms with van der Waals surface area (Å²) in [6.07, 6.45) is 1.92. The summed E-state index contributed by atoms with van der Waals surface area (Å²) in [6, 6.07) is 0. The van der Waals surface area contributed by atoms with E-state index in [9.17, 15) is 13.2 Å². The minimum absolute atomic E-state index is 0.265. The van der Waals surface area contributed by atoms with Gasteiger partial charge >= 0.3 is 0 Å². The standard InChI is InChI=1S/C7H12O4S/c1-6(8)7(12(9,10)11)4-2-3-5-7/h2-5H2,1H3,(H,9,10,11). The Balaban J connectivity index is 3.12. The first-order chi connectivity index (χ1) is 5.40. The van der Waals surface area contributed by atoms with Gasteiger partial charge in [0.25, 0.3) is 10.1 Å².